The molecule has 0 aliphatic heterocycles. The zero-order valence-corrected chi connectivity index (χ0v) is 9.38. The molecule has 17 heavy (non-hydrogen) atoms. The topological polar surface area (TPSA) is 122 Å². The standard InChI is InChI=1S/C9H15N5O3/c1-6(15)2-11-9(17)13-7-3-12-14(4-7)5-8(10)16/h3-4,6,15H,2,5H2,1H3,(H2,10,16)(H2,11,13,17)/t6-/m0/s1. The first-order valence-corrected chi connectivity index (χ1v) is 5.01. The molecule has 0 fully saturated rings. The molecule has 0 aliphatic carbocycles. The van der Waals surface area contributed by atoms with Crippen molar-refractivity contribution >= 4 is 17.6 Å². The van der Waals surface area contributed by atoms with Crippen molar-refractivity contribution in [2.24, 2.45) is 5.73 Å². The first-order valence-electron chi connectivity index (χ1n) is 5.01. The molecule has 1 atom stereocenters. The monoisotopic (exact) mass is 241 g/mol. The second-order valence-electron chi connectivity index (χ2n) is 3.58. The van der Waals surface area contributed by atoms with Gasteiger partial charge in [-0.05, 0) is 6.92 Å². The Kier molecular flexibility index (Phi) is 4.46. The van der Waals surface area contributed by atoms with Gasteiger partial charge in [0.15, 0.2) is 0 Å². The van der Waals surface area contributed by atoms with E-state index in [4.69, 9.17) is 10.8 Å². The van der Waals surface area contributed by atoms with E-state index >= 15 is 0 Å². The van der Waals surface area contributed by atoms with E-state index in [0.717, 1.165) is 0 Å². The number of aliphatic hydroxyl groups is 1. The largest absolute Gasteiger partial charge is 0.392 e. The van der Waals surface area contributed by atoms with Crippen LogP contribution >= 0.6 is 0 Å². The minimum atomic E-state index is -0.613. The maximum atomic E-state index is 11.3. The molecule has 8 heteroatoms. The molecular formula is C9H15N5O3. The Balaban J connectivity index is 2.43. The van der Waals surface area contributed by atoms with Gasteiger partial charge in [-0.3, -0.25) is 9.48 Å². The number of nitrogens with two attached hydrogens (primary N) is 1. The highest BCUT2D eigenvalue weighted by atomic mass is 16.3. The van der Waals surface area contributed by atoms with E-state index in [-0.39, 0.29) is 13.1 Å². The molecule has 1 aromatic rings. The molecule has 0 saturated carbocycles. The van der Waals surface area contributed by atoms with Crippen molar-refractivity contribution in [1.29, 1.82) is 0 Å². The number of carbonyl (C=O) groups excluding carboxylic acids is 2. The lowest BCUT2D eigenvalue weighted by atomic mass is 10.4. The molecule has 1 aromatic heterocycles. The fourth-order valence-electron chi connectivity index (χ4n) is 1.09. The van der Waals surface area contributed by atoms with Crippen molar-refractivity contribution < 1.29 is 14.7 Å². The van der Waals surface area contributed by atoms with Gasteiger partial charge in [-0.1, -0.05) is 0 Å². The van der Waals surface area contributed by atoms with E-state index in [0.29, 0.717) is 5.69 Å². The number of aliphatic hydroxyl groups excluding tert-OH is 1. The molecule has 5 N–H and O–H groups in total. The quantitative estimate of drug-likeness (QED) is 0.521. The van der Waals surface area contributed by atoms with Crippen LogP contribution in [-0.4, -0.2) is 39.5 Å². The van der Waals surface area contributed by atoms with E-state index in [2.05, 4.69) is 15.7 Å². The number of hydrogen-bond donors (Lipinski definition) is 4. The summed E-state index contributed by atoms with van der Waals surface area (Å²) in [6.45, 7) is 1.67. The number of hydrogen-bond acceptors (Lipinski definition) is 4. The number of primary amides is 1. The maximum absolute atomic E-state index is 11.3. The zero-order chi connectivity index (χ0) is 12.8. The SMILES string of the molecule is C[C@H](O)CNC(=O)Nc1cnn(CC(N)=O)c1. The smallest absolute Gasteiger partial charge is 0.319 e. The van der Waals surface area contributed by atoms with Crippen molar-refractivity contribution in [2.75, 3.05) is 11.9 Å². The van der Waals surface area contributed by atoms with E-state index in [1.807, 2.05) is 0 Å². The normalized spacial score (nSPS) is 11.9. The summed E-state index contributed by atoms with van der Waals surface area (Å²) < 4.78 is 1.31. The number of nitrogens with zero attached hydrogens (tertiary/aromatic N) is 2. The van der Waals surface area contributed by atoms with Gasteiger partial charge in [-0.25, -0.2) is 4.79 Å². The molecule has 0 aliphatic rings. The van der Waals surface area contributed by atoms with Crippen LogP contribution in [0.4, 0.5) is 10.5 Å². The summed E-state index contributed by atoms with van der Waals surface area (Å²) in [5, 5.41) is 17.7. The molecule has 0 unspecified atom stereocenters. The summed E-state index contributed by atoms with van der Waals surface area (Å²) in [4.78, 5) is 21.9. The van der Waals surface area contributed by atoms with Crippen LogP contribution in [-0.2, 0) is 11.3 Å². The number of anilines is 1. The van der Waals surface area contributed by atoms with Gasteiger partial charge in [-0.2, -0.15) is 5.10 Å². The first kappa shape index (κ1) is 13.0. The Labute approximate surface area is 97.8 Å². The minimum absolute atomic E-state index is 0.0447. The number of nitrogens with one attached hydrogen (secondary N) is 2. The summed E-state index contributed by atoms with van der Waals surface area (Å²) in [7, 11) is 0. The third kappa shape index (κ3) is 4.98. The van der Waals surface area contributed by atoms with Crippen molar-refractivity contribution in [1.82, 2.24) is 15.1 Å². The second kappa shape index (κ2) is 5.85. The van der Waals surface area contributed by atoms with Gasteiger partial charge in [0.2, 0.25) is 5.91 Å². The van der Waals surface area contributed by atoms with Crippen molar-refractivity contribution in [2.45, 2.75) is 19.6 Å². The van der Waals surface area contributed by atoms with Crippen LogP contribution in [0.25, 0.3) is 0 Å². The molecule has 3 amide bonds. The highest BCUT2D eigenvalue weighted by Gasteiger charge is 2.05. The summed E-state index contributed by atoms with van der Waals surface area (Å²) in [6, 6.07) is -0.454. The third-order valence-electron chi connectivity index (χ3n) is 1.77. The fraction of sp³-hybridized carbons (Fsp3) is 0.444. The lowest BCUT2D eigenvalue weighted by Crippen LogP contribution is -2.34. The van der Waals surface area contributed by atoms with Crippen LogP contribution in [0.2, 0.25) is 0 Å². The molecule has 0 spiro atoms. The van der Waals surface area contributed by atoms with Crippen LogP contribution in [0.3, 0.4) is 0 Å². The molecule has 94 valence electrons. The van der Waals surface area contributed by atoms with Crippen molar-refractivity contribution in [3.05, 3.63) is 12.4 Å². The highest BCUT2D eigenvalue weighted by Crippen LogP contribution is 2.03. The Morgan fingerprint density at radius 3 is 2.94 bits per heavy atom. The van der Waals surface area contributed by atoms with Crippen LogP contribution in [0, 0.1) is 0 Å². The Morgan fingerprint density at radius 2 is 2.35 bits per heavy atom. The van der Waals surface area contributed by atoms with Gasteiger partial charge in [-0.15, -0.1) is 0 Å². The molecule has 1 rings (SSSR count). The van der Waals surface area contributed by atoms with Crippen LogP contribution in [0.15, 0.2) is 12.4 Å². The number of urea groups is 1. The molecule has 1 heterocycles. The summed E-state index contributed by atoms with van der Waals surface area (Å²) in [6.07, 6.45) is 2.26. The maximum Gasteiger partial charge on any atom is 0.319 e. The van der Waals surface area contributed by atoms with Gasteiger partial charge < -0.3 is 21.5 Å². The van der Waals surface area contributed by atoms with Gasteiger partial charge >= 0.3 is 6.03 Å². The summed E-state index contributed by atoms with van der Waals surface area (Å²) in [5.41, 5.74) is 5.43. The predicted molar refractivity (Wildman–Crippen MR) is 60.1 cm³/mol. The molecule has 8 nitrogen and oxygen atoms in total. The van der Waals surface area contributed by atoms with Crippen LogP contribution in [0.5, 0.6) is 0 Å². The molecule has 0 radical (unpaired) electrons. The van der Waals surface area contributed by atoms with Gasteiger partial charge in [0.25, 0.3) is 0 Å². The number of amides is 3. The number of rotatable bonds is 5. The summed E-state index contributed by atoms with van der Waals surface area (Å²) in [5.74, 6) is -0.516. The fourth-order valence-corrected chi connectivity index (χ4v) is 1.09. The second-order valence-corrected chi connectivity index (χ2v) is 3.58. The number of carbonyl (C=O) groups is 2. The predicted octanol–water partition coefficient (Wildman–Crippen LogP) is -1.13. The van der Waals surface area contributed by atoms with E-state index in [9.17, 15) is 9.59 Å². The molecule has 0 bridgehead atoms. The molecule has 0 saturated heterocycles. The lowest BCUT2D eigenvalue weighted by molar-refractivity contribution is -0.118. The molecular weight excluding hydrogens is 226 g/mol. The van der Waals surface area contributed by atoms with Crippen LogP contribution in [0.1, 0.15) is 6.92 Å². The minimum Gasteiger partial charge on any atom is -0.392 e. The highest BCUT2D eigenvalue weighted by molar-refractivity contribution is 5.88. The van der Waals surface area contributed by atoms with Gasteiger partial charge in [0, 0.05) is 12.7 Å². The first-order chi connectivity index (χ1) is 7.97. The number of aromatic nitrogens is 2. The Hall–Kier alpha value is -2.09. The summed E-state index contributed by atoms with van der Waals surface area (Å²) >= 11 is 0. The van der Waals surface area contributed by atoms with Crippen molar-refractivity contribution in [3.63, 3.8) is 0 Å². The third-order valence-corrected chi connectivity index (χ3v) is 1.77. The Bertz CT molecular complexity index is 401. The lowest BCUT2D eigenvalue weighted by Gasteiger charge is -2.07. The van der Waals surface area contributed by atoms with E-state index in [1.54, 1.807) is 6.92 Å². The molecule has 0 aromatic carbocycles. The Morgan fingerprint density at radius 1 is 1.65 bits per heavy atom. The van der Waals surface area contributed by atoms with E-state index in [1.165, 1.54) is 17.1 Å². The van der Waals surface area contributed by atoms with E-state index < -0.39 is 18.0 Å². The van der Waals surface area contributed by atoms with Crippen LogP contribution < -0.4 is 16.4 Å². The zero-order valence-electron chi connectivity index (χ0n) is 9.38. The van der Waals surface area contributed by atoms with Gasteiger partial charge in [0.1, 0.15) is 6.54 Å². The van der Waals surface area contributed by atoms with Crippen molar-refractivity contribution in [3.8, 4) is 0 Å². The average molecular weight is 241 g/mol. The average Bonchev–Trinajstić information content (AvgIpc) is 2.61. The van der Waals surface area contributed by atoms with Gasteiger partial charge in [0.05, 0.1) is 18.0 Å².